The van der Waals surface area contributed by atoms with Gasteiger partial charge in [-0.25, -0.2) is 14.2 Å². The highest BCUT2D eigenvalue weighted by atomic mass is 19.1. The number of aromatic carboxylic acids is 1. The third kappa shape index (κ3) is 3.29. The molecule has 1 aliphatic carbocycles. The lowest BCUT2D eigenvalue weighted by atomic mass is 10.1. The lowest BCUT2D eigenvalue weighted by molar-refractivity contribution is 0.0695. The van der Waals surface area contributed by atoms with Gasteiger partial charge in [-0.05, 0) is 44.3 Å². The molecule has 0 amide bonds. The molecule has 2 fully saturated rings. The maximum atomic E-state index is 14.8. The summed E-state index contributed by atoms with van der Waals surface area (Å²) in [5, 5.41) is 12.7. The summed E-state index contributed by atoms with van der Waals surface area (Å²) >= 11 is 0. The van der Waals surface area contributed by atoms with Crippen LogP contribution >= 0.6 is 0 Å². The van der Waals surface area contributed by atoms with Gasteiger partial charge in [0.2, 0.25) is 5.43 Å². The first-order chi connectivity index (χ1) is 13.0. The first-order valence-electron chi connectivity index (χ1n) is 9.44. The van der Waals surface area contributed by atoms with Crippen LogP contribution in [0.5, 0.6) is 0 Å². The molecule has 3 heterocycles. The number of nitrogens with zero attached hydrogens (tertiary/aromatic N) is 3. The number of pyridine rings is 2. The highest BCUT2D eigenvalue weighted by molar-refractivity contribution is 5.92. The van der Waals surface area contributed by atoms with Gasteiger partial charge in [-0.3, -0.25) is 4.79 Å². The van der Waals surface area contributed by atoms with Crippen molar-refractivity contribution in [3.8, 4) is 0 Å². The van der Waals surface area contributed by atoms with Crippen LogP contribution in [0.4, 0.5) is 10.2 Å². The molecule has 1 aliphatic heterocycles. The minimum Gasteiger partial charge on any atom is -0.477 e. The summed E-state index contributed by atoms with van der Waals surface area (Å²) in [6, 6.07) is 1.28. The van der Waals surface area contributed by atoms with E-state index in [1.807, 2.05) is 4.90 Å². The molecular weight excluding hydrogens is 351 g/mol. The zero-order valence-corrected chi connectivity index (χ0v) is 15.2. The maximum Gasteiger partial charge on any atom is 0.341 e. The summed E-state index contributed by atoms with van der Waals surface area (Å²) in [6.07, 6.45) is 4.12. The SMILES string of the molecule is CCNCC1CCN(c2nc3c(cc2F)c(=O)c(C(=O)O)cn3C2CC2)C1. The second-order valence-electron chi connectivity index (χ2n) is 7.39. The van der Waals surface area contributed by atoms with Gasteiger partial charge in [0.1, 0.15) is 11.2 Å². The molecule has 2 aromatic heterocycles. The molecule has 2 N–H and O–H groups in total. The molecule has 0 radical (unpaired) electrons. The molecule has 8 heteroatoms. The van der Waals surface area contributed by atoms with Crippen molar-refractivity contribution < 1.29 is 14.3 Å². The molecular formula is C19H23FN4O3. The number of anilines is 1. The zero-order chi connectivity index (χ0) is 19.1. The molecule has 0 aromatic carbocycles. The third-order valence-corrected chi connectivity index (χ3v) is 5.38. The van der Waals surface area contributed by atoms with Gasteiger partial charge in [-0.1, -0.05) is 6.92 Å². The van der Waals surface area contributed by atoms with Crippen LogP contribution in [0, 0.1) is 11.7 Å². The Bertz CT molecular complexity index is 954. The van der Waals surface area contributed by atoms with E-state index in [1.165, 1.54) is 6.20 Å². The van der Waals surface area contributed by atoms with E-state index < -0.39 is 17.2 Å². The molecule has 1 saturated carbocycles. The van der Waals surface area contributed by atoms with Crippen molar-refractivity contribution in [1.29, 1.82) is 0 Å². The summed E-state index contributed by atoms with van der Waals surface area (Å²) in [4.78, 5) is 30.3. The molecule has 27 heavy (non-hydrogen) atoms. The minimum absolute atomic E-state index is 0.0337. The number of fused-ring (bicyclic) bond motifs is 1. The number of carboxylic acids is 1. The lowest BCUT2D eigenvalue weighted by Gasteiger charge is -2.20. The van der Waals surface area contributed by atoms with Gasteiger partial charge in [0, 0.05) is 25.3 Å². The molecule has 1 atom stereocenters. The van der Waals surface area contributed by atoms with Gasteiger partial charge < -0.3 is 19.9 Å². The Morgan fingerprint density at radius 1 is 1.41 bits per heavy atom. The molecule has 2 aromatic rings. The summed E-state index contributed by atoms with van der Waals surface area (Å²) in [7, 11) is 0. The second-order valence-corrected chi connectivity index (χ2v) is 7.39. The van der Waals surface area contributed by atoms with Crippen molar-refractivity contribution >= 4 is 22.8 Å². The monoisotopic (exact) mass is 374 g/mol. The molecule has 0 bridgehead atoms. The number of carbonyl (C=O) groups is 1. The predicted molar refractivity (Wildman–Crippen MR) is 100 cm³/mol. The summed E-state index contributed by atoms with van der Waals surface area (Å²) in [6.45, 7) is 5.27. The van der Waals surface area contributed by atoms with Crippen LogP contribution in [0.15, 0.2) is 17.1 Å². The number of aromatic nitrogens is 2. The molecule has 2 aliphatic rings. The van der Waals surface area contributed by atoms with E-state index in [4.69, 9.17) is 0 Å². The van der Waals surface area contributed by atoms with Crippen LogP contribution in [-0.2, 0) is 0 Å². The fraction of sp³-hybridized carbons (Fsp3) is 0.526. The zero-order valence-electron chi connectivity index (χ0n) is 15.2. The Morgan fingerprint density at radius 2 is 2.19 bits per heavy atom. The minimum atomic E-state index is -1.30. The van der Waals surface area contributed by atoms with Gasteiger partial charge in [0.05, 0.1) is 5.39 Å². The summed E-state index contributed by atoms with van der Waals surface area (Å²) < 4.78 is 16.5. The van der Waals surface area contributed by atoms with Crippen LogP contribution in [-0.4, -0.2) is 46.8 Å². The maximum absolute atomic E-state index is 14.8. The first-order valence-corrected chi connectivity index (χ1v) is 9.44. The normalized spacial score (nSPS) is 19.8. The average Bonchev–Trinajstić information content (AvgIpc) is 3.38. The highest BCUT2D eigenvalue weighted by Crippen LogP contribution is 2.37. The molecule has 1 saturated heterocycles. The topological polar surface area (TPSA) is 87.5 Å². The van der Waals surface area contributed by atoms with Crippen molar-refractivity contribution in [3.05, 3.63) is 33.9 Å². The summed E-state index contributed by atoms with van der Waals surface area (Å²) in [5.41, 5.74) is -0.645. The molecule has 1 unspecified atom stereocenters. The number of carboxylic acid groups (broad SMARTS) is 1. The smallest absolute Gasteiger partial charge is 0.341 e. The largest absolute Gasteiger partial charge is 0.477 e. The van der Waals surface area contributed by atoms with Gasteiger partial charge in [0.25, 0.3) is 0 Å². The van der Waals surface area contributed by atoms with E-state index >= 15 is 0 Å². The Kier molecular flexibility index (Phi) is 4.59. The number of nitrogens with one attached hydrogen (secondary N) is 1. The van der Waals surface area contributed by atoms with Crippen molar-refractivity contribution in [2.45, 2.75) is 32.2 Å². The second kappa shape index (κ2) is 6.92. The number of rotatable bonds is 6. The fourth-order valence-corrected chi connectivity index (χ4v) is 3.78. The molecule has 7 nitrogen and oxygen atoms in total. The van der Waals surface area contributed by atoms with Gasteiger partial charge in [0.15, 0.2) is 11.6 Å². The first kappa shape index (κ1) is 17.9. The number of hydrogen-bond donors (Lipinski definition) is 2. The predicted octanol–water partition coefficient (Wildman–Crippen LogP) is 2.00. The van der Waals surface area contributed by atoms with Crippen LogP contribution in [0.2, 0.25) is 0 Å². The standard InChI is InChI=1S/C19H23FN4O3/c1-2-21-8-11-5-6-23(9-11)18-15(20)7-13-16(25)14(19(26)27)10-24(12-3-4-12)17(13)22-18/h7,10-12,21H,2-6,8-9H2,1H3,(H,26,27). The quantitative estimate of drug-likeness (QED) is 0.804. The van der Waals surface area contributed by atoms with E-state index in [0.29, 0.717) is 24.7 Å². The van der Waals surface area contributed by atoms with Crippen molar-refractivity contribution in [2.24, 2.45) is 5.92 Å². The molecule has 4 rings (SSSR count). The van der Waals surface area contributed by atoms with Crippen molar-refractivity contribution in [3.63, 3.8) is 0 Å². The van der Waals surface area contributed by atoms with Crippen LogP contribution in [0.3, 0.4) is 0 Å². The Morgan fingerprint density at radius 3 is 2.85 bits per heavy atom. The lowest BCUT2D eigenvalue weighted by Crippen LogP contribution is -2.27. The molecule has 0 spiro atoms. The fourth-order valence-electron chi connectivity index (χ4n) is 3.78. The molecule has 144 valence electrons. The van der Waals surface area contributed by atoms with Crippen LogP contribution in [0.1, 0.15) is 42.6 Å². The van der Waals surface area contributed by atoms with Gasteiger partial charge in [-0.15, -0.1) is 0 Å². The van der Waals surface area contributed by atoms with Gasteiger partial charge in [-0.2, -0.15) is 0 Å². The van der Waals surface area contributed by atoms with Crippen LogP contribution in [0.25, 0.3) is 11.0 Å². The van der Waals surface area contributed by atoms with Crippen LogP contribution < -0.4 is 15.6 Å². The number of hydrogen-bond acceptors (Lipinski definition) is 5. The van der Waals surface area contributed by atoms with Crippen molar-refractivity contribution in [2.75, 3.05) is 31.1 Å². The average molecular weight is 374 g/mol. The van der Waals surface area contributed by atoms with Crippen molar-refractivity contribution in [1.82, 2.24) is 14.9 Å². The Labute approximate surface area is 155 Å². The van der Waals surface area contributed by atoms with E-state index in [9.17, 15) is 19.1 Å². The summed E-state index contributed by atoms with van der Waals surface area (Å²) in [5.74, 6) is -1.19. The Balaban J connectivity index is 1.77. The van der Waals surface area contributed by atoms with E-state index in [-0.39, 0.29) is 22.8 Å². The number of halogens is 1. The van der Waals surface area contributed by atoms with E-state index in [1.54, 1.807) is 4.57 Å². The highest BCUT2D eigenvalue weighted by Gasteiger charge is 2.30. The Hall–Kier alpha value is -2.48. The third-order valence-electron chi connectivity index (χ3n) is 5.38. The van der Waals surface area contributed by atoms with E-state index in [0.717, 1.165) is 38.4 Å². The van der Waals surface area contributed by atoms with Gasteiger partial charge >= 0.3 is 5.97 Å². The van der Waals surface area contributed by atoms with E-state index in [2.05, 4.69) is 17.2 Å².